The van der Waals surface area contributed by atoms with Crippen LogP contribution in [-0.4, -0.2) is 48.8 Å². The fourth-order valence-corrected chi connectivity index (χ4v) is 4.84. The van der Waals surface area contributed by atoms with Gasteiger partial charge in [-0.2, -0.15) is 4.31 Å². The zero-order valence-electron chi connectivity index (χ0n) is 12.3. The van der Waals surface area contributed by atoms with Crippen molar-refractivity contribution in [3.63, 3.8) is 0 Å². The fourth-order valence-electron chi connectivity index (χ4n) is 2.52. The summed E-state index contributed by atoms with van der Waals surface area (Å²) < 4.78 is 40.5. The first-order chi connectivity index (χ1) is 11.4. The molecule has 0 unspecified atom stereocenters. The fraction of sp³-hybridized carbons (Fsp3) is 0.308. The maximum Gasteiger partial charge on any atom is 0.292 e. The Hall–Kier alpha value is -2.11. The Morgan fingerprint density at radius 3 is 2.54 bits per heavy atom. The van der Waals surface area contributed by atoms with E-state index in [2.05, 4.69) is 4.98 Å². The van der Waals surface area contributed by atoms with Gasteiger partial charge in [0.05, 0.1) is 4.92 Å². The van der Waals surface area contributed by atoms with Crippen molar-refractivity contribution in [3.05, 3.63) is 45.7 Å². The van der Waals surface area contributed by atoms with Crippen LogP contribution < -0.4 is 4.90 Å². The minimum absolute atomic E-state index is 0.105. The Balaban J connectivity index is 1.87. The summed E-state index contributed by atoms with van der Waals surface area (Å²) in [5.74, 6) is -1.12. The molecule has 24 heavy (non-hydrogen) atoms. The van der Waals surface area contributed by atoms with Crippen LogP contribution in [0.3, 0.4) is 0 Å². The highest BCUT2D eigenvalue weighted by atomic mass is 32.2. The average molecular weight is 372 g/mol. The molecule has 11 heteroatoms. The summed E-state index contributed by atoms with van der Waals surface area (Å²) in [7, 11) is -4.29. The van der Waals surface area contributed by atoms with Gasteiger partial charge in [-0.1, -0.05) is 6.07 Å². The van der Waals surface area contributed by atoms with E-state index >= 15 is 0 Å². The van der Waals surface area contributed by atoms with Crippen molar-refractivity contribution >= 4 is 32.2 Å². The summed E-state index contributed by atoms with van der Waals surface area (Å²) in [6, 6.07) is 3.01. The topological polar surface area (TPSA) is 96.6 Å². The largest absolute Gasteiger partial charge is 0.345 e. The van der Waals surface area contributed by atoms with Gasteiger partial charge in [0.15, 0.2) is 10.0 Å². The zero-order chi connectivity index (χ0) is 17.3. The first-order valence-electron chi connectivity index (χ1n) is 6.99. The lowest BCUT2D eigenvalue weighted by Gasteiger charge is -2.33. The molecule has 0 amide bonds. The Kier molecular flexibility index (Phi) is 4.47. The number of hydrogen-bond donors (Lipinski definition) is 0. The van der Waals surface area contributed by atoms with Crippen LogP contribution in [-0.2, 0) is 10.0 Å². The molecule has 1 aliphatic heterocycles. The number of rotatable bonds is 4. The number of anilines is 1. The lowest BCUT2D eigenvalue weighted by molar-refractivity contribution is -0.388. The molecule has 128 valence electrons. The number of nitro benzene ring substituents is 1. The number of sulfonamides is 1. The number of thiazole rings is 1. The number of piperazine rings is 1. The van der Waals surface area contributed by atoms with Gasteiger partial charge >= 0.3 is 0 Å². The third-order valence-electron chi connectivity index (χ3n) is 3.67. The Morgan fingerprint density at radius 1 is 1.25 bits per heavy atom. The van der Waals surface area contributed by atoms with Crippen LogP contribution in [0.15, 0.2) is 34.7 Å². The highest BCUT2D eigenvalue weighted by molar-refractivity contribution is 7.89. The molecule has 2 aromatic rings. The van der Waals surface area contributed by atoms with Crippen LogP contribution >= 0.6 is 11.3 Å². The van der Waals surface area contributed by atoms with Gasteiger partial charge in [-0.05, 0) is 6.07 Å². The van der Waals surface area contributed by atoms with E-state index in [-0.39, 0.29) is 13.1 Å². The van der Waals surface area contributed by atoms with Gasteiger partial charge in [0, 0.05) is 43.8 Å². The summed E-state index contributed by atoms with van der Waals surface area (Å²) in [6.07, 6.45) is 1.66. The number of nitro groups is 1. The van der Waals surface area contributed by atoms with Gasteiger partial charge < -0.3 is 4.90 Å². The number of halogens is 1. The van der Waals surface area contributed by atoms with Crippen LogP contribution in [0.25, 0.3) is 0 Å². The van der Waals surface area contributed by atoms with Gasteiger partial charge in [0.25, 0.3) is 15.7 Å². The van der Waals surface area contributed by atoms with Gasteiger partial charge in [-0.3, -0.25) is 10.1 Å². The molecule has 2 heterocycles. The van der Waals surface area contributed by atoms with Crippen molar-refractivity contribution in [2.24, 2.45) is 0 Å². The molecule has 1 fully saturated rings. The molecule has 0 radical (unpaired) electrons. The predicted molar refractivity (Wildman–Crippen MR) is 86.1 cm³/mol. The SMILES string of the molecule is O=[N+]([O-])c1cccc(F)c1S(=O)(=O)N1CCN(c2nccs2)CC1. The summed E-state index contributed by atoms with van der Waals surface area (Å²) >= 11 is 1.44. The number of aromatic nitrogens is 1. The molecule has 1 saturated heterocycles. The normalized spacial score (nSPS) is 16.3. The molecule has 0 atom stereocenters. The van der Waals surface area contributed by atoms with Gasteiger partial charge in [0.1, 0.15) is 5.82 Å². The van der Waals surface area contributed by atoms with Crippen LogP contribution in [0.2, 0.25) is 0 Å². The highest BCUT2D eigenvalue weighted by Crippen LogP contribution is 2.30. The molecular weight excluding hydrogens is 359 g/mol. The van der Waals surface area contributed by atoms with E-state index in [9.17, 15) is 22.9 Å². The third kappa shape index (κ3) is 2.97. The molecule has 0 saturated carbocycles. The molecule has 3 rings (SSSR count). The zero-order valence-corrected chi connectivity index (χ0v) is 14.0. The summed E-state index contributed by atoms with van der Waals surface area (Å²) in [5.41, 5.74) is -0.752. The minimum Gasteiger partial charge on any atom is -0.345 e. The van der Waals surface area contributed by atoms with Crippen molar-refractivity contribution in [1.82, 2.24) is 9.29 Å². The number of nitrogens with zero attached hydrogens (tertiary/aromatic N) is 4. The first kappa shape index (κ1) is 16.7. The summed E-state index contributed by atoms with van der Waals surface area (Å²) in [6.45, 7) is 0.977. The molecule has 1 aromatic carbocycles. The Morgan fingerprint density at radius 2 is 1.96 bits per heavy atom. The van der Waals surface area contributed by atoms with Crippen LogP contribution in [0, 0.1) is 15.9 Å². The first-order valence-corrected chi connectivity index (χ1v) is 9.30. The smallest absolute Gasteiger partial charge is 0.292 e. The second-order valence-corrected chi connectivity index (χ2v) is 7.80. The van der Waals surface area contributed by atoms with E-state index in [4.69, 9.17) is 0 Å². The van der Waals surface area contributed by atoms with E-state index < -0.39 is 31.3 Å². The second kappa shape index (κ2) is 6.42. The van der Waals surface area contributed by atoms with E-state index in [0.29, 0.717) is 13.1 Å². The Bertz CT molecular complexity index is 849. The molecular formula is C13H13FN4O4S2. The summed E-state index contributed by atoms with van der Waals surface area (Å²) in [5, 5.41) is 13.7. The second-order valence-electron chi connectivity index (χ2n) is 5.05. The maximum atomic E-state index is 14.0. The molecule has 0 bridgehead atoms. The van der Waals surface area contributed by atoms with Crippen LogP contribution in [0.5, 0.6) is 0 Å². The van der Waals surface area contributed by atoms with Crippen molar-refractivity contribution in [1.29, 1.82) is 0 Å². The summed E-state index contributed by atoms with van der Waals surface area (Å²) in [4.78, 5) is 15.4. The molecule has 0 spiro atoms. The number of hydrogen-bond acceptors (Lipinski definition) is 7. The molecule has 0 aliphatic carbocycles. The quantitative estimate of drug-likeness (QED) is 0.599. The standard InChI is InChI=1S/C13H13FN4O4S2/c14-10-2-1-3-11(18(19)20)12(10)24(21,22)17-7-5-16(6-8-17)13-15-4-9-23-13/h1-4,9H,5-8H2. The van der Waals surface area contributed by atoms with E-state index in [1.54, 1.807) is 6.20 Å². The monoisotopic (exact) mass is 372 g/mol. The maximum absolute atomic E-state index is 14.0. The van der Waals surface area contributed by atoms with Crippen molar-refractivity contribution in [2.75, 3.05) is 31.1 Å². The van der Waals surface area contributed by atoms with Gasteiger partial charge in [-0.15, -0.1) is 11.3 Å². The molecule has 8 nitrogen and oxygen atoms in total. The van der Waals surface area contributed by atoms with Gasteiger partial charge in [0.2, 0.25) is 0 Å². The van der Waals surface area contributed by atoms with E-state index in [0.717, 1.165) is 27.6 Å². The van der Waals surface area contributed by atoms with E-state index in [1.807, 2.05) is 10.3 Å². The van der Waals surface area contributed by atoms with Crippen molar-refractivity contribution < 1.29 is 17.7 Å². The van der Waals surface area contributed by atoms with Crippen molar-refractivity contribution in [3.8, 4) is 0 Å². The molecule has 1 aliphatic rings. The van der Waals surface area contributed by atoms with Crippen LogP contribution in [0.4, 0.5) is 15.2 Å². The van der Waals surface area contributed by atoms with Crippen LogP contribution in [0.1, 0.15) is 0 Å². The number of benzene rings is 1. The average Bonchev–Trinajstić information content (AvgIpc) is 3.09. The lowest BCUT2D eigenvalue weighted by Crippen LogP contribution is -2.48. The predicted octanol–water partition coefficient (Wildman–Crippen LogP) is 1.70. The van der Waals surface area contributed by atoms with E-state index in [1.165, 1.54) is 11.3 Å². The molecule has 1 aromatic heterocycles. The van der Waals surface area contributed by atoms with Crippen molar-refractivity contribution in [2.45, 2.75) is 4.90 Å². The minimum atomic E-state index is -4.29. The lowest BCUT2D eigenvalue weighted by atomic mass is 10.3. The Labute approximate surface area is 141 Å². The molecule has 0 N–H and O–H groups in total. The highest BCUT2D eigenvalue weighted by Gasteiger charge is 2.36. The third-order valence-corrected chi connectivity index (χ3v) is 6.47. The van der Waals surface area contributed by atoms with Gasteiger partial charge in [-0.25, -0.2) is 17.8 Å².